The van der Waals surface area contributed by atoms with Gasteiger partial charge in [0.2, 0.25) is 0 Å². The Hall–Kier alpha value is -3.45. The summed E-state index contributed by atoms with van der Waals surface area (Å²) in [5.74, 6) is -0.798. The topological polar surface area (TPSA) is 79.2 Å². The van der Waals surface area contributed by atoms with Gasteiger partial charge >= 0.3 is 5.97 Å². The summed E-state index contributed by atoms with van der Waals surface area (Å²) in [6.07, 6.45) is 1.45. The minimum Gasteiger partial charge on any atom is -0.462 e. The average molecular weight is 439 g/mol. The van der Waals surface area contributed by atoms with Crippen molar-refractivity contribution in [3.05, 3.63) is 71.2 Å². The summed E-state index contributed by atoms with van der Waals surface area (Å²) < 4.78 is 21.5. The third kappa shape index (κ3) is 4.57. The van der Waals surface area contributed by atoms with Crippen LogP contribution in [0.5, 0.6) is 0 Å². The largest absolute Gasteiger partial charge is 0.462 e. The number of nitrogens with zero attached hydrogens (tertiary/aromatic N) is 2. The van der Waals surface area contributed by atoms with Gasteiger partial charge in [0.25, 0.3) is 5.91 Å². The first-order chi connectivity index (χ1) is 15.3. The Morgan fingerprint density at radius 3 is 2.56 bits per heavy atom. The van der Waals surface area contributed by atoms with Crippen molar-refractivity contribution in [3.8, 4) is 11.1 Å². The second-order valence-electron chi connectivity index (χ2n) is 7.72. The summed E-state index contributed by atoms with van der Waals surface area (Å²) in [6, 6.07) is 12.6. The molecule has 0 atom stereocenters. The van der Waals surface area contributed by atoms with Crippen molar-refractivity contribution >= 4 is 22.8 Å². The third-order valence-corrected chi connectivity index (χ3v) is 5.31. The van der Waals surface area contributed by atoms with Gasteiger partial charge < -0.3 is 19.9 Å². The second kappa shape index (κ2) is 9.78. The van der Waals surface area contributed by atoms with Crippen molar-refractivity contribution in [2.45, 2.75) is 20.4 Å². The Bertz CT molecular complexity index is 1190. The molecule has 6 nitrogen and oxygen atoms in total. The van der Waals surface area contributed by atoms with Crippen LogP contribution >= 0.6 is 0 Å². The van der Waals surface area contributed by atoms with E-state index in [-0.39, 0.29) is 24.9 Å². The zero-order valence-corrected chi connectivity index (χ0v) is 18.9. The first kappa shape index (κ1) is 23.2. The number of carbonyl (C=O) groups is 2. The molecule has 0 radical (unpaired) electrons. The summed E-state index contributed by atoms with van der Waals surface area (Å²) in [7, 11) is 3.41. The van der Waals surface area contributed by atoms with Crippen molar-refractivity contribution in [1.29, 1.82) is 0 Å². The second-order valence-corrected chi connectivity index (χ2v) is 7.72. The van der Waals surface area contributed by atoms with Gasteiger partial charge in [-0.25, -0.2) is 9.18 Å². The number of amides is 1. The van der Waals surface area contributed by atoms with Crippen LogP contribution < -0.4 is 5.73 Å². The standard InChI is InChI=1S/C25H28FN3O3/c1-5-32-25(31)19-9-10-22-21(14-19)23(16(2)29(22)15-20(26)11-12-27)17-7-6-8-18(13-17)24(30)28(3)4/h6-11,13-14H,5,12,15,27H2,1-4H3/p+1. The lowest BCUT2D eigenvalue weighted by molar-refractivity contribution is -0.353. The summed E-state index contributed by atoms with van der Waals surface area (Å²) in [6.45, 7) is 4.37. The molecule has 0 fully saturated rings. The van der Waals surface area contributed by atoms with Crippen molar-refractivity contribution in [3.63, 3.8) is 0 Å². The predicted octanol–water partition coefficient (Wildman–Crippen LogP) is 3.59. The Morgan fingerprint density at radius 2 is 1.91 bits per heavy atom. The monoisotopic (exact) mass is 438 g/mol. The Kier molecular flexibility index (Phi) is 7.10. The molecule has 3 N–H and O–H groups in total. The lowest BCUT2D eigenvalue weighted by Gasteiger charge is -2.12. The van der Waals surface area contributed by atoms with Gasteiger partial charge in [0.15, 0.2) is 0 Å². The molecule has 7 heteroatoms. The van der Waals surface area contributed by atoms with Gasteiger partial charge in [0, 0.05) is 47.9 Å². The number of ether oxygens (including phenoxy) is 1. The van der Waals surface area contributed by atoms with Gasteiger partial charge in [0.1, 0.15) is 5.83 Å². The normalized spacial score (nSPS) is 11.6. The number of hydrogen-bond acceptors (Lipinski definition) is 3. The maximum absolute atomic E-state index is 14.5. The number of benzene rings is 2. The Labute approximate surface area is 187 Å². The first-order valence-electron chi connectivity index (χ1n) is 10.5. The van der Waals surface area contributed by atoms with E-state index < -0.39 is 5.97 Å². The number of rotatable bonds is 7. The molecule has 0 aliphatic heterocycles. The Balaban J connectivity index is 2.26. The van der Waals surface area contributed by atoms with Gasteiger partial charge in [-0.3, -0.25) is 4.79 Å². The van der Waals surface area contributed by atoms with Crippen molar-refractivity contribution in [1.82, 2.24) is 9.47 Å². The molecular formula is C25H29FN3O3+. The molecule has 168 valence electrons. The maximum Gasteiger partial charge on any atom is 0.338 e. The Morgan fingerprint density at radius 1 is 1.16 bits per heavy atom. The number of allylic oxidation sites excluding steroid dienone is 1. The van der Waals surface area contributed by atoms with E-state index in [1.807, 2.05) is 35.8 Å². The molecule has 0 bridgehead atoms. The van der Waals surface area contributed by atoms with Crippen molar-refractivity contribution in [2.24, 2.45) is 0 Å². The summed E-state index contributed by atoms with van der Waals surface area (Å²) in [5.41, 5.74) is 7.96. The quantitative estimate of drug-likeness (QED) is 0.573. The number of aromatic nitrogens is 1. The fourth-order valence-electron chi connectivity index (χ4n) is 3.83. The smallest absolute Gasteiger partial charge is 0.338 e. The predicted molar refractivity (Wildman–Crippen MR) is 123 cm³/mol. The van der Waals surface area contributed by atoms with Gasteiger partial charge in [0.05, 0.1) is 25.3 Å². The van der Waals surface area contributed by atoms with Crippen molar-refractivity contribution in [2.75, 3.05) is 27.2 Å². The molecule has 3 rings (SSSR count). The number of esters is 1. The first-order valence-corrected chi connectivity index (χ1v) is 10.5. The SMILES string of the molecule is CCOC(=O)c1ccc2c(c1)c(-c1cccc(C(=O)N(C)C)c1)c(C)n2CC(F)=CC[NH3+]. The number of quaternary nitrogens is 1. The van der Waals surface area contributed by atoms with Crippen LogP contribution in [0, 0.1) is 6.92 Å². The molecule has 1 heterocycles. The molecular weight excluding hydrogens is 409 g/mol. The van der Waals surface area contributed by atoms with E-state index in [1.54, 1.807) is 39.2 Å². The highest BCUT2D eigenvalue weighted by Crippen LogP contribution is 2.36. The third-order valence-electron chi connectivity index (χ3n) is 5.31. The number of fused-ring (bicyclic) bond motifs is 1. The fraction of sp³-hybridized carbons (Fsp3) is 0.280. The molecule has 3 aromatic rings. The average Bonchev–Trinajstić information content (AvgIpc) is 3.04. The zero-order chi connectivity index (χ0) is 23.4. The lowest BCUT2D eigenvalue weighted by Crippen LogP contribution is -2.49. The fourth-order valence-corrected chi connectivity index (χ4v) is 3.83. The summed E-state index contributed by atoms with van der Waals surface area (Å²) >= 11 is 0. The van der Waals surface area contributed by atoms with Gasteiger partial charge in [-0.15, -0.1) is 0 Å². The molecule has 1 amide bonds. The van der Waals surface area contributed by atoms with Gasteiger partial charge in [-0.05, 0) is 49.7 Å². The van der Waals surface area contributed by atoms with Crippen LogP contribution in [-0.4, -0.2) is 48.6 Å². The molecule has 0 spiro atoms. The van der Waals surface area contributed by atoms with E-state index in [2.05, 4.69) is 5.73 Å². The highest BCUT2D eigenvalue weighted by atomic mass is 19.1. The van der Waals surface area contributed by atoms with Crippen LogP contribution in [0.4, 0.5) is 4.39 Å². The van der Waals surface area contributed by atoms with E-state index in [9.17, 15) is 14.0 Å². The number of hydrogen-bond donors (Lipinski definition) is 1. The van der Waals surface area contributed by atoms with E-state index in [0.29, 0.717) is 17.7 Å². The molecule has 0 saturated heterocycles. The summed E-state index contributed by atoms with van der Waals surface area (Å²) in [5, 5.41) is 0.796. The maximum atomic E-state index is 14.5. The molecule has 32 heavy (non-hydrogen) atoms. The molecule has 2 aromatic carbocycles. The molecule has 0 aliphatic rings. The van der Waals surface area contributed by atoms with E-state index in [1.165, 1.54) is 11.0 Å². The minimum atomic E-state index is -0.412. The van der Waals surface area contributed by atoms with E-state index in [0.717, 1.165) is 27.7 Å². The summed E-state index contributed by atoms with van der Waals surface area (Å²) in [4.78, 5) is 26.4. The molecule has 0 unspecified atom stereocenters. The van der Waals surface area contributed by atoms with Crippen LogP contribution in [0.2, 0.25) is 0 Å². The number of carbonyl (C=O) groups excluding carboxylic acids is 2. The highest BCUT2D eigenvalue weighted by molar-refractivity contribution is 6.03. The van der Waals surface area contributed by atoms with Gasteiger partial charge in [-0.2, -0.15) is 0 Å². The van der Waals surface area contributed by atoms with Crippen LogP contribution in [-0.2, 0) is 11.3 Å². The number of halogens is 1. The van der Waals surface area contributed by atoms with Gasteiger partial charge in [-0.1, -0.05) is 12.1 Å². The lowest BCUT2D eigenvalue weighted by atomic mass is 9.99. The highest BCUT2D eigenvalue weighted by Gasteiger charge is 2.20. The molecule has 0 saturated carbocycles. The van der Waals surface area contributed by atoms with E-state index >= 15 is 0 Å². The van der Waals surface area contributed by atoms with E-state index in [4.69, 9.17) is 4.74 Å². The van der Waals surface area contributed by atoms with Crippen LogP contribution in [0.1, 0.15) is 33.3 Å². The van der Waals surface area contributed by atoms with Crippen molar-refractivity contribution < 1.29 is 24.5 Å². The molecule has 1 aromatic heterocycles. The van der Waals surface area contributed by atoms with Crippen LogP contribution in [0.15, 0.2) is 54.4 Å². The minimum absolute atomic E-state index is 0.0624. The van der Waals surface area contributed by atoms with Crippen LogP contribution in [0.25, 0.3) is 22.0 Å². The van der Waals surface area contributed by atoms with Crippen LogP contribution in [0.3, 0.4) is 0 Å². The zero-order valence-electron chi connectivity index (χ0n) is 18.9. The molecule has 0 aliphatic carbocycles.